The summed E-state index contributed by atoms with van der Waals surface area (Å²) in [5.41, 5.74) is 10.1. The molecule has 2 N–H and O–H groups in total. The molecule has 2 heteroatoms. The van der Waals surface area contributed by atoms with E-state index < -0.39 is 0 Å². The summed E-state index contributed by atoms with van der Waals surface area (Å²) in [6, 6.07) is 4.40. The Morgan fingerprint density at radius 1 is 1.43 bits per heavy atom. The Bertz CT molecular complexity index is 344. The van der Waals surface area contributed by atoms with Gasteiger partial charge in [0, 0.05) is 11.1 Å². The molecule has 1 nitrogen and oxygen atoms in total. The number of hydrogen-bond donors (Lipinski definition) is 1. The van der Waals surface area contributed by atoms with Crippen molar-refractivity contribution in [2.24, 2.45) is 5.73 Å². The van der Waals surface area contributed by atoms with Gasteiger partial charge in [-0.25, -0.2) is 0 Å². The van der Waals surface area contributed by atoms with Gasteiger partial charge in [-0.2, -0.15) is 0 Å². The van der Waals surface area contributed by atoms with Crippen LogP contribution in [0.1, 0.15) is 30.0 Å². The van der Waals surface area contributed by atoms with Crippen molar-refractivity contribution in [1.82, 2.24) is 0 Å². The van der Waals surface area contributed by atoms with Crippen LogP contribution in [0.2, 0.25) is 5.02 Å². The van der Waals surface area contributed by atoms with Crippen LogP contribution < -0.4 is 5.73 Å². The number of rotatable bonds is 2. The zero-order valence-electron chi connectivity index (χ0n) is 8.52. The summed E-state index contributed by atoms with van der Waals surface area (Å²) < 4.78 is 0. The van der Waals surface area contributed by atoms with Gasteiger partial charge in [0.2, 0.25) is 0 Å². The van der Waals surface area contributed by atoms with Gasteiger partial charge in [0.1, 0.15) is 0 Å². The fourth-order valence-corrected chi connectivity index (χ4v) is 2.55. The van der Waals surface area contributed by atoms with Crippen molar-refractivity contribution in [3.63, 3.8) is 0 Å². The van der Waals surface area contributed by atoms with Gasteiger partial charge in [0.15, 0.2) is 0 Å². The second kappa shape index (κ2) is 3.92. The lowest BCUT2D eigenvalue weighted by molar-refractivity contribution is 0.732. The van der Waals surface area contributed by atoms with Gasteiger partial charge in [-0.05, 0) is 61.4 Å². The highest BCUT2D eigenvalue weighted by atomic mass is 35.5. The summed E-state index contributed by atoms with van der Waals surface area (Å²) in [5.74, 6) is 0. The first kappa shape index (κ1) is 10.0. The van der Waals surface area contributed by atoms with Crippen LogP contribution >= 0.6 is 11.6 Å². The van der Waals surface area contributed by atoms with Gasteiger partial charge in [0.05, 0.1) is 0 Å². The molecule has 0 heterocycles. The average Bonchev–Trinajstić information content (AvgIpc) is 2.50. The minimum absolute atomic E-state index is 0.221. The normalized spacial score (nSPS) is 16.8. The molecule has 0 saturated carbocycles. The van der Waals surface area contributed by atoms with Gasteiger partial charge in [-0.3, -0.25) is 0 Å². The van der Waals surface area contributed by atoms with Crippen LogP contribution in [0.5, 0.6) is 0 Å². The van der Waals surface area contributed by atoms with E-state index in [2.05, 4.69) is 12.1 Å². The van der Waals surface area contributed by atoms with E-state index in [1.807, 2.05) is 6.92 Å². The highest BCUT2D eigenvalue weighted by Gasteiger charge is 2.16. The number of aryl methyl sites for hydroxylation is 1. The lowest BCUT2D eigenvalue weighted by Gasteiger charge is -2.11. The van der Waals surface area contributed by atoms with Crippen LogP contribution in [0.4, 0.5) is 0 Å². The fraction of sp³-hybridized carbons (Fsp3) is 0.500. The lowest BCUT2D eigenvalue weighted by Crippen LogP contribution is -2.18. The van der Waals surface area contributed by atoms with Crippen LogP contribution in [-0.2, 0) is 19.3 Å². The molecular weight excluding hydrogens is 194 g/mol. The molecule has 0 aromatic heterocycles. The zero-order valence-corrected chi connectivity index (χ0v) is 9.27. The van der Waals surface area contributed by atoms with Crippen molar-refractivity contribution in [3.05, 3.63) is 33.8 Å². The Morgan fingerprint density at radius 2 is 2.21 bits per heavy atom. The molecule has 0 spiro atoms. The molecule has 0 fully saturated rings. The third-order valence-electron chi connectivity index (χ3n) is 2.81. The van der Waals surface area contributed by atoms with Gasteiger partial charge in [0.25, 0.3) is 0 Å². The maximum absolute atomic E-state index is 6.07. The first-order chi connectivity index (χ1) is 6.66. The van der Waals surface area contributed by atoms with Gasteiger partial charge in [-0.15, -0.1) is 0 Å². The zero-order chi connectivity index (χ0) is 10.1. The minimum Gasteiger partial charge on any atom is -0.328 e. The molecule has 1 aliphatic rings. The topological polar surface area (TPSA) is 26.0 Å². The number of fused-ring (bicyclic) bond motifs is 1. The Morgan fingerprint density at radius 3 is 2.93 bits per heavy atom. The Kier molecular flexibility index (Phi) is 2.80. The number of hydrogen-bond acceptors (Lipinski definition) is 1. The maximum atomic E-state index is 6.07. The Balaban J connectivity index is 2.38. The fourth-order valence-electron chi connectivity index (χ4n) is 2.28. The number of halogens is 1. The molecule has 1 atom stereocenters. The van der Waals surface area contributed by atoms with Gasteiger partial charge < -0.3 is 5.73 Å². The van der Waals surface area contributed by atoms with Crippen molar-refractivity contribution < 1.29 is 0 Å². The third kappa shape index (κ3) is 1.94. The maximum Gasteiger partial charge on any atom is 0.0411 e. The van der Waals surface area contributed by atoms with Crippen molar-refractivity contribution in [2.45, 2.75) is 38.6 Å². The molecule has 0 aliphatic heterocycles. The summed E-state index contributed by atoms with van der Waals surface area (Å²) >= 11 is 6.07. The molecule has 0 saturated heterocycles. The predicted octanol–water partition coefficient (Wildman–Crippen LogP) is 2.72. The SMILES string of the molecule is CC(N)Cc1cc(Cl)cc2c1CCC2. The van der Waals surface area contributed by atoms with Crippen molar-refractivity contribution in [2.75, 3.05) is 0 Å². The molecule has 1 aliphatic carbocycles. The summed E-state index contributed by atoms with van der Waals surface area (Å²) in [6.45, 7) is 2.04. The van der Waals surface area contributed by atoms with E-state index in [1.165, 1.54) is 36.0 Å². The van der Waals surface area contributed by atoms with Crippen molar-refractivity contribution in [3.8, 4) is 0 Å². The van der Waals surface area contributed by atoms with E-state index in [0.29, 0.717) is 0 Å². The number of nitrogens with two attached hydrogens (primary N) is 1. The lowest BCUT2D eigenvalue weighted by atomic mass is 9.98. The quantitative estimate of drug-likeness (QED) is 0.797. The molecule has 14 heavy (non-hydrogen) atoms. The predicted molar refractivity (Wildman–Crippen MR) is 60.8 cm³/mol. The molecule has 76 valence electrons. The van der Waals surface area contributed by atoms with Crippen molar-refractivity contribution in [1.29, 1.82) is 0 Å². The highest BCUT2D eigenvalue weighted by Crippen LogP contribution is 2.29. The smallest absolute Gasteiger partial charge is 0.0411 e. The standard InChI is InChI=1S/C12H16ClN/c1-8(14)5-10-7-11(13)6-9-3-2-4-12(9)10/h6-8H,2-5,14H2,1H3. The summed E-state index contributed by atoms with van der Waals surface area (Å²) in [7, 11) is 0. The van der Waals surface area contributed by atoms with E-state index in [1.54, 1.807) is 0 Å². The average molecular weight is 210 g/mol. The summed E-state index contributed by atoms with van der Waals surface area (Å²) in [5, 5.41) is 0.862. The molecule has 0 amide bonds. The minimum atomic E-state index is 0.221. The second-order valence-electron chi connectivity index (χ2n) is 4.24. The third-order valence-corrected chi connectivity index (χ3v) is 3.03. The molecular formula is C12H16ClN. The molecule has 0 bridgehead atoms. The Hall–Kier alpha value is -0.530. The van der Waals surface area contributed by atoms with Gasteiger partial charge in [-0.1, -0.05) is 11.6 Å². The second-order valence-corrected chi connectivity index (χ2v) is 4.67. The monoisotopic (exact) mass is 209 g/mol. The summed E-state index contributed by atoms with van der Waals surface area (Å²) in [6.07, 6.45) is 4.60. The van der Waals surface area contributed by atoms with Gasteiger partial charge >= 0.3 is 0 Å². The molecule has 2 rings (SSSR count). The van der Waals surface area contributed by atoms with E-state index in [9.17, 15) is 0 Å². The van der Waals surface area contributed by atoms with Crippen LogP contribution in [-0.4, -0.2) is 6.04 Å². The van der Waals surface area contributed by atoms with Crippen LogP contribution in [0.25, 0.3) is 0 Å². The largest absolute Gasteiger partial charge is 0.328 e. The molecule has 1 aromatic rings. The van der Waals surface area contributed by atoms with Crippen molar-refractivity contribution >= 4 is 11.6 Å². The molecule has 0 radical (unpaired) electrons. The van der Waals surface area contributed by atoms with E-state index in [-0.39, 0.29) is 6.04 Å². The van der Waals surface area contributed by atoms with Crippen LogP contribution in [0.15, 0.2) is 12.1 Å². The van der Waals surface area contributed by atoms with Crippen LogP contribution in [0.3, 0.4) is 0 Å². The first-order valence-electron chi connectivity index (χ1n) is 5.22. The molecule has 1 aromatic carbocycles. The Labute approximate surface area is 90.3 Å². The van der Waals surface area contributed by atoms with E-state index in [0.717, 1.165) is 11.4 Å². The number of benzene rings is 1. The highest BCUT2D eigenvalue weighted by molar-refractivity contribution is 6.30. The molecule has 1 unspecified atom stereocenters. The van der Waals surface area contributed by atoms with E-state index >= 15 is 0 Å². The first-order valence-corrected chi connectivity index (χ1v) is 5.60. The summed E-state index contributed by atoms with van der Waals surface area (Å²) in [4.78, 5) is 0. The van der Waals surface area contributed by atoms with Crippen LogP contribution in [0, 0.1) is 0 Å². The van der Waals surface area contributed by atoms with E-state index in [4.69, 9.17) is 17.3 Å².